The summed E-state index contributed by atoms with van der Waals surface area (Å²) in [7, 11) is 1.25. The Kier molecular flexibility index (Phi) is 5.47. The second-order valence-corrected chi connectivity index (χ2v) is 4.91. The van der Waals surface area contributed by atoms with E-state index in [2.05, 4.69) is 15.4 Å². The lowest BCUT2D eigenvalue weighted by Crippen LogP contribution is -2.47. The van der Waals surface area contributed by atoms with Crippen LogP contribution in [0.3, 0.4) is 0 Å². The number of hydrogen-bond donors (Lipinski definition) is 4. The lowest BCUT2D eigenvalue weighted by molar-refractivity contribution is -0.155. The van der Waals surface area contributed by atoms with Gasteiger partial charge in [-0.2, -0.15) is 0 Å². The molecular weight excluding hydrogens is 292 g/mol. The summed E-state index contributed by atoms with van der Waals surface area (Å²) in [6.45, 7) is 2.33. The average Bonchev–Trinajstić information content (AvgIpc) is 2.46. The van der Waals surface area contributed by atoms with Gasteiger partial charge in [-0.05, 0) is 31.5 Å². The highest BCUT2D eigenvalue weighted by molar-refractivity contribution is 5.94. The molecule has 0 saturated carbocycles. The van der Waals surface area contributed by atoms with E-state index in [4.69, 9.17) is 5.11 Å². The minimum absolute atomic E-state index is 0.265. The molecule has 0 aromatic heterocycles. The zero-order chi connectivity index (χ0) is 16.9. The molecular formula is C14H18N2O6. The maximum Gasteiger partial charge on any atom is 0.337 e. The Balaban J connectivity index is 2.76. The predicted octanol–water partition coefficient (Wildman–Crippen LogP) is 0.739. The number of methoxy groups -OCH3 is 1. The van der Waals surface area contributed by atoms with Crippen molar-refractivity contribution in [1.29, 1.82) is 0 Å². The normalized spacial score (nSPS) is 12.9. The first kappa shape index (κ1) is 17.4. The van der Waals surface area contributed by atoms with Gasteiger partial charge in [0.05, 0.1) is 19.2 Å². The van der Waals surface area contributed by atoms with Gasteiger partial charge in [-0.25, -0.2) is 14.4 Å². The molecule has 4 N–H and O–H groups in total. The molecule has 0 radical (unpaired) electrons. The number of esters is 1. The second-order valence-electron chi connectivity index (χ2n) is 4.91. The van der Waals surface area contributed by atoms with Gasteiger partial charge >= 0.3 is 18.0 Å². The van der Waals surface area contributed by atoms with Crippen LogP contribution in [0.25, 0.3) is 0 Å². The summed E-state index contributed by atoms with van der Waals surface area (Å²) in [5.41, 5.74) is -0.732. The Labute approximate surface area is 127 Å². The van der Waals surface area contributed by atoms with Crippen molar-refractivity contribution in [2.24, 2.45) is 0 Å². The Hall–Kier alpha value is -2.61. The van der Waals surface area contributed by atoms with Crippen LogP contribution in [0, 0.1) is 6.92 Å². The van der Waals surface area contributed by atoms with Crippen molar-refractivity contribution >= 4 is 23.7 Å². The Morgan fingerprint density at radius 2 is 1.95 bits per heavy atom. The van der Waals surface area contributed by atoms with E-state index >= 15 is 0 Å². The molecule has 0 saturated heterocycles. The van der Waals surface area contributed by atoms with Gasteiger partial charge in [0.2, 0.25) is 0 Å². The minimum atomic E-state index is -2.07. The molecule has 1 unspecified atom stereocenters. The van der Waals surface area contributed by atoms with Gasteiger partial charge in [-0.1, -0.05) is 6.07 Å². The molecule has 22 heavy (non-hydrogen) atoms. The zero-order valence-electron chi connectivity index (χ0n) is 12.5. The highest BCUT2D eigenvalue weighted by Gasteiger charge is 2.30. The van der Waals surface area contributed by atoms with Crippen molar-refractivity contribution in [3.8, 4) is 0 Å². The van der Waals surface area contributed by atoms with Crippen LogP contribution in [0.5, 0.6) is 0 Å². The zero-order valence-corrected chi connectivity index (χ0v) is 12.5. The standard InChI is InChI=1S/C14H18N2O6/c1-8-4-5-9(11(17)22-3)6-10(8)16-13(20)15-7-14(2,21)12(18)19/h4-6,21H,7H2,1-3H3,(H,18,19)(H2,15,16,20). The number of urea groups is 1. The third-order valence-electron chi connectivity index (χ3n) is 2.96. The van der Waals surface area contributed by atoms with E-state index in [1.54, 1.807) is 19.1 Å². The summed E-state index contributed by atoms with van der Waals surface area (Å²) in [5.74, 6) is -1.99. The molecule has 0 aliphatic rings. The summed E-state index contributed by atoms with van der Waals surface area (Å²) in [4.78, 5) is 33.9. The number of anilines is 1. The fourth-order valence-electron chi connectivity index (χ4n) is 1.50. The lowest BCUT2D eigenvalue weighted by atomic mass is 10.1. The molecule has 0 aliphatic heterocycles. The molecule has 2 amide bonds. The van der Waals surface area contributed by atoms with Crippen molar-refractivity contribution in [2.75, 3.05) is 19.0 Å². The number of carboxylic acid groups (broad SMARTS) is 1. The summed E-state index contributed by atoms with van der Waals surface area (Å²) >= 11 is 0. The number of benzene rings is 1. The number of aliphatic carboxylic acids is 1. The van der Waals surface area contributed by atoms with Crippen LogP contribution in [0.2, 0.25) is 0 Å². The largest absolute Gasteiger partial charge is 0.479 e. The van der Waals surface area contributed by atoms with Crippen LogP contribution in [0.15, 0.2) is 18.2 Å². The smallest absolute Gasteiger partial charge is 0.337 e. The van der Waals surface area contributed by atoms with Crippen LogP contribution in [-0.4, -0.2) is 47.4 Å². The van der Waals surface area contributed by atoms with Crippen molar-refractivity contribution < 1.29 is 29.3 Å². The summed E-state index contributed by atoms with van der Waals surface area (Å²) in [6, 6.07) is 3.93. The van der Waals surface area contributed by atoms with Crippen LogP contribution < -0.4 is 10.6 Å². The molecule has 1 aromatic rings. The predicted molar refractivity (Wildman–Crippen MR) is 77.8 cm³/mol. The molecule has 1 aromatic carbocycles. The van der Waals surface area contributed by atoms with Gasteiger partial charge in [0.15, 0.2) is 5.60 Å². The van der Waals surface area contributed by atoms with Gasteiger partial charge in [0, 0.05) is 5.69 Å². The van der Waals surface area contributed by atoms with Crippen LogP contribution in [-0.2, 0) is 9.53 Å². The number of carboxylic acids is 1. The summed E-state index contributed by atoms with van der Waals surface area (Å²) in [5, 5.41) is 23.0. The Morgan fingerprint density at radius 1 is 1.32 bits per heavy atom. The maximum absolute atomic E-state index is 11.7. The van der Waals surface area contributed by atoms with E-state index in [0.717, 1.165) is 6.92 Å². The summed E-state index contributed by atoms with van der Waals surface area (Å²) in [6.07, 6.45) is 0. The molecule has 8 heteroatoms. The van der Waals surface area contributed by atoms with Crippen LogP contribution in [0.1, 0.15) is 22.8 Å². The maximum atomic E-state index is 11.7. The molecule has 1 atom stereocenters. The molecule has 0 bridgehead atoms. The number of aryl methyl sites for hydroxylation is 1. The first-order valence-corrected chi connectivity index (χ1v) is 6.37. The lowest BCUT2D eigenvalue weighted by Gasteiger charge is -2.19. The van der Waals surface area contributed by atoms with Crippen LogP contribution >= 0.6 is 0 Å². The van der Waals surface area contributed by atoms with Crippen molar-refractivity contribution in [3.05, 3.63) is 29.3 Å². The third-order valence-corrected chi connectivity index (χ3v) is 2.96. The number of nitrogens with one attached hydrogen (secondary N) is 2. The number of aliphatic hydroxyl groups is 1. The molecule has 120 valence electrons. The first-order chi connectivity index (χ1) is 10.2. The number of carbonyl (C=O) groups excluding carboxylic acids is 2. The molecule has 0 fully saturated rings. The number of rotatable bonds is 5. The number of hydrogen-bond acceptors (Lipinski definition) is 5. The van der Waals surface area contributed by atoms with Gasteiger partial charge in [-0.15, -0.1) is 0 Å². The Bertz CT molecular complexity index is 597. The monoisotopic (exact) mass is 310 g/mol. The van der Waals surface area contributed by atoms with Gasteiger partial charge < -0.3 is 25.6 Å². The Morgan fingerprint density at radius 3 is 2.50 bits per heavy atom. The third kappa shape index (κ3) is 4.45. The van der Waals surface area contributed by atoms with E-state index in [1.807, 2.05) is 0 Å². The molecule has 8 nitrogen and oxygen atoms in total. The second kappa shape index (κ2) is 6.90. The number of ether oxygens (including phenoxy) is 1. The van der Waals surface area contributed by atoms with Crippen molar-refractivity contribution in [3.63, 3.8) is 0 Å². The van der Waals surface area contributed by atoms with E-state index < -0.39 is 30.1 Å². The van der Waals surface area contributed by atoms with E-state index in [-0.39, 0.29) is 5.56 Å². The fraction of sp³-hybridized carbons (Fsp3) is 0.357. The van der Waals surface area contributed by atoms with E-state index in [1.165, 1.54) is 13.2 Å². The van der Waals surface area contributed by atoms with E-state index in [0.29, 0.717) is 11.3 Å². The highest BCUT2D eigenvalue weighted by atomic mass is 16.5. The van der Waals surface area contributed by atoms with Crippen LogP contribution in [0.4, 0.5) is 10.5 Å². The number of amides is 2. The summed E-state index contributed by atoms with van der Waals surface area (Å²) < 4.78 is 4.59. The fourth-order valence-corrected chi connectivity index (χ4v) is 1.50. The SMILES string of the molecule is COC(=O)c1ccc(C)c(NC(=O)NCC(C)(O)C(=O)O)c1. The minimum Gasteiger partial charge on any atom is -0.479 e. The van der Waals surface area contributed by atoms with Gasteiger partial charge in [-0.3, -0.25) is 0 Å². The van der Waals surface area contributed by atoms with Gasteiger partial charge in [0.25, 0.3) is 0 Å². The molecule has 0 heterocycles. The quantitative estimate of drug-likeness (QED) is 0.594. The first-order valence-electron chi connectivity index (χ1n) is 6.37. The number of carbonyl (C=O) groups is 3. The highest BCUT2D eigenvalue weighted by Crippen LogP contribution is 2.17. The van der Waals surface area contributed by atoms with Crippen molar-refractivity contribution in [2.45, 2.75) is 19.4 Å². The van der Waals surface area contributed by atoms with Crippen molar-refractivity contribution in [1.82, 2.24) is 5.32 Å². The van der Waals surface area contributed by atoms with E-state index in [9.17, 15) is 19.5 Å². The molecule has 1 rings (SSSR count). The van der Waals surface area contributed by atoms with Gasteiger partial charge in [0.1, 0.15) is 0 Å². The molecule has 0 aliphatic carbocycles. The molecule has 0 spiro atoms. The average molecular weight is 310 g/mol. The topological polar surface area (TPSA) is 125 Å².